The number of fused-ring (bicyclic) bond motifs is 1. The summed E-state index contributed by atoms with van der Waals surface area (Å²) in [5, 5.41) is 7.58. The summed E-state index contributed by atoms with van der Waals surface area (Å²) in [6.45, 7) is 2.00. The highest BCUT2D eigenvalue weighted by molar-refractivity contribution is 14.0. The normalized spacial score (nSPS) is 11.2. The van der Waals surface area contributed by atoms with Gasteiger partial charge in [-0.25, -0.2) is 4.39 Å². The van der Waals surface area contributed by atoms with Gasteiger partial charge in [0.2, 0.25) is 0 Å². The molecule has 1 aromatic carbocycles. The Kier molecular flexibility index (Phi) is 7.83. The fourth-order valence-electron chi connectivity index (χ4n) is 2.73. The topological polar surface area (TPSA) is 54.2 Å². The number of halogens is 2. The Balaban J connectivity index is 0.00000243. The number of rotatable bonds is 6. The molecule has 26 heavy (non-hydrogen) atoms. The molecule has 3 aromatic rings. The van der Waals surface area contributed by atoms with Crippen LogP contribution in [0.2, 0.25) is 0 Å². The first-order valence-corrected chi connectivity index (χ1v) is 8.36. The molecule has 0 atom stereocenters. The van der Waals surface area contributed by atoms with Crippen LogP contribution in [0.3, 0.4) is 0 Å². The standard InChI is InChI=1S/C19H22FN5.HI/c1-21-19(24-14-17-16(20)7-4-10-22-17)23-11-5-12-25-13-9-15-6-2-3-8-18(15)25;/h2-4,6-10,13H,5,11-12,14H2,1H3,(H2,21,23,24);1H. The van der Waals surface area contributed by atoms with Gasteiger partial charge in [-0.2, -0.15) is 0 Å². The van der Waals surface area contributed by atoms with Crippen LogP contribution in [0.5, 0.6) is 0 Å². The number of aromatic nitrogens is 2. The van der Waals surface area contributed by atoms with Gasteiger partial charge in [0.25, 0.3) is 0 Å². The second-order valence-corrected chi connectivity index (χ2v) is 5.71. The first-order chi connectivity index (χ1) is 12.3. The smallest absolute Gasteiger partial charge is 0.191 e. The average molecular weight is 467 g/mol. The van der Waals surface area contributed by atoms with E-state index in [4.69, 9.17) is 0 Å². The van der Waals surface area contributed by atoms with Gasteiger partial charge in [-0.05, 0) is 36.1 Å². The molecule has 3 rings (SSSR count). The van der Waals surface area contributed by atoms with Crippen LogP contribution in [0.4, 0.5) is 4.39 Å². The summed E-state index contributed by atoms with van der Waals surface area (Å²) in [6, 6.07) is 13.5. The van der Waals surface area contributed by atoms with Crippen LogP contribution in [0.25, 0.3) is 10.9 Å². The third-order valence-electron chi connectivity index (χ3n) is 4.03. The number of hydrogen-bond acceptors (Lipinski definition) is 2. The number of nitrogens with zero attached hydrogens (tertiary/aromatic N) is 3. The van der Waals surface area contributed by atoms with Crippen LogP contribution >= 0.6 is 24.0 Å². The van der Waals surface area contributed by atoms with Gasteiger partial charge in [-0.3, -0.25) is 9.98 Å². The third kappa shape index (κ3) is 5.17. The fraction of sp³-hybridized carbons (Fsp3) is 0.263. The number of nitrogens with one attached hydrogen (secondary N) is 2. The van der Waals surface area contributed by atoms with Gasteiger partial charge >= 0.3 is 0 Å². The summed E-state index contributed by atoms with van der Waals surface area (Å²) < 4.78 is 15.8. The van der Waals surface area contributed by atoms with Gasteiger partial charge < -0.3 is 15.2 Å². The minimum absolute atomic E-state index is 0. The summed E-state index contributed by atoms with van der Waals surface area (Å²) in [5.74, 6) is 0.326. The lowest BCUT2D eigenvalue weighted by atomic mass is 10.2. The maximum absolute atomic E-state index is 13.6. The van der Waals surface area contributed by atoms with Crippen LogP contribution in [0, 0.1) is 5.82 Å². The molecule has 0 radical (unpaired) electrons. The van der Waals surface area contributed by atoms with E-state index < -0.39 is 0 Å². The van der Waals surface area contributed by atoms with Crippen LogP contribution < -0.4 is 10.6 Å². The van der Waals surface area contributed by atoms with Gasteiger partial charge in [0.15, 0.2) is 5.96 Å². The number of hydrogen-bond donors (Lipinski definition) is 2. The number of pyridine rings is 1. The quantitative estimate of drug-likeness (QED) is 0.253. The Morgan fingerprint density at radius 1 is 1.15 bits per heavy atom. The van der Waals surface area contributed by atoms with E-state index in [1.54, 1.807) is 19.3 Å². The molecular weight excluding hydrogens is 444 g/mol. The zero-order valence-corrected chi connectivity index (χ0v) is 17.0. The Labute approximate surface area is 169 Å². The first-order valence-electron chi connectivity index (χ1n) is 8.36. The fourth-order valence-corrected chi connectivity index (χ4v) is 2.73. The summed E-state index contributed by atoms with van der Waals surface area (Å²) in [7, 11) is 1.70. The highest BCUT2D eigenvalue weighted by atomic mass is 127. The lowest BCUT2D eigenvalue weighted by Crippen LogP contribution is -2.37. The van der Waals surface area contributed by atoms with Crippen LogP contribution in [-0.2, 0) is 13.1 Å². The molecular formula is C19H23FIN5. The maximum atomic E-state index is 13.6. The lowest BCUT2D eigenvalue weighted by molar-refractivity contribution is 0.591. The summed E-state index contributed by atoms with van der Waals surface area (Å²) in [5.41, 5.74) is 1.62. The highest BCUT2D eigenvalue weighted by Gasteiger charge is 2.04. The Morgan fingerprint density at radius 3 is 2.81 bits per heavy atom. The Bertz CT molecular complexity index is 862. The van der Waals surface area contributed by atoms with E-state index in [1.807, 2.05) is 6.07 Å². The number of guanidine groups is 1. The van der Waals surface area contributed by atoms with Gasteiger partial charge in [0.1, 0.15) is 5.82 Å². The summed E-state index contributed by atoms with van der Waals surface area (Å²) >= 11 is 0. The van der Waals surface area contributed by atoms with Crippen molar-refractivity contribution in [2.75, 3.05) is 13.6 Å². The van der Waals surface area contributed by atoms with E-state index in [0.29, 0.717) is 18.2 Å². The molecule has 2 N–H and O–H groups in total. The second kappa shape index (κ2) is 10.1. The van der Waals surface area contributed by atoms with Gasteiger partial charge in [-0.1, -0.05) is 18.2 Å². The predicted molar refractivity (Wildman–Crippen MR) is 114 cm³/mol. The van der Waals surface area contributed by atoms with Crippen LogP contribution in [0.15, 0.2) is 59.9 Å². The molecule has 7 heteroatoms. The van der Waals surface area contributed by atoms with Crippen molar-refractivity contribution >= 4 is 40.8 Å². The predicted octanol–water partition coefficient (Wildman–Crippen LogP) is 3.55. The molecule has 2 heterocycles. The number of benzene rings is 1. The van der Waals surface area contributed by atoms with Crippen molar-refractivity contribution in [2.45, 2.75) is 19.5 Å². The van der Waals surface area contributed by atoms with Crippen LogP contribution in [-0.4, -0.2) is 29.1 Å². The molecule has 5 nitrogen and oxygen atoms in total. The molecule has 0 unspecified atom stereocenters. The molecule has 138 valence electrons. The van der Waals surface area contributed by atoms with Crippen molar-refractivity contribution in [3.05, 3.63) is 66.4 Å². The molecule has 0 saturated heterocycles. The number of aryl methyl sites for hydroxylation is 1. The minimum atomic E-state index is -0.315. The summed E-state index contributed by atoms with van der Waals surface area (Å²) in [4.78, 5) is 8.17. The van der Waals surface area contributed by atoms with Crippen molar-refractivity contribution in [2.24, 2.45) is 4.99 Å². The molecule has 0 aliphatic carbocycles. The van der Waals surface area contributed by atoms with Gasteiger partial charge in [0.05, 0.1) is 12.2 Å². The highest BCUT2D eigenvalue weighted by Crippen LogP contribution is 2.15. The SMILES string of the molecule is CN=C(NCCCn1ccc2ccccc21)NCc1ncccc1F.I. The average Bonchev–Trinajstić information content (AvgIpc) is 3.05. The summed E-state index contributed by atoms with van der Waals surface area (Å²) in [6.07, 6.45) is 4.65. The van der Waals surface area contributed by atoms with Gasteiger partial charge in [-0.15, -0.1) is 24.0 Å². The first kappa shape index (κ1) is 20.2. The zero-order chi connectivity index (χ0) is 17.5. The van der Waals surface area contributed by atoms with Crippen LogP contribution in [0.1, 0.15) is 12.1 Å². The largest absolute Gasteiger partial charge is 0.356 e. The van der Waals surface area contributed by atoms with Crippen molar-refractivity contribution < 1.29 is 4.39 Å². The monoisotopic (exact) mass is 467 g/mol. The molecule has 0 aliphatic heterocycles. The molecule has 0 fully saturated rings. The molecule has 0 saturated carbocycles. The van der Waals surface area contributed by atoms with Crippen molar-refractivity contribution in [3.8, 4) is 0 Å². The second-order valence-electron chi connectivity index (χ2n) is 5.71. The molecule has 0 amide bonds. The lowest BCUT2D eigenvalue weighted by Gasteiger charge is -2.12. The van der Waals surface area contributed by atoms with E-state index in [-0.39, 0.29) is 29.8 Å². The number of aliphatic imine (C=N–C) groups is 1. The number of para-hydroxylation sites is 1. The van der Waals surface area contributed by atoms with Gasteiger partial charge in [0, 0.05) is 38.0 Å². The van der Waals surface area contributed by atoms with Crippen molar-refractivity contribution in [1.82, 2.24) is 20.2 Å². The minimum Gasteiger partial charge on any atom is -0.356 e. The van der Waals surface area contributed by atoms with E-state index in [1.165, 1.54) is 17.0 Å². The molecule has 0 bridgehead atoms. The maximum Gasteiger partial charge on any atom is 0.191 e. The van der Waals surface area contributed by atoms with Crippen molar-refractivity contribution in [3.63, 3.8) is 0 Å². The van der Waals surface area contributed by atoms with Crippen molar-refractivity contribution in [1.29, 1.82) is 0 Å². The van der Waals surface area contributed by atoms with E-state index >= 15 is 0 Å². The Morgan fingerprint density at radius 2 is 2.00 bits per heavy atom. The molecule has 0 spiro atoms. The molecule has 2 aromatic heterocycles. The molecule has 0 aliphatic rings. The van der Waals surface area contributed by atoms with E-state index in [2.05, 4.69) is 55.6 Å². The zero-order valence-electron chi connectivity index (χ0n) is 14.7. The van der Waals surface area contributed by atoms with E-state index in [9.17, 15) is 4.39 Å². The Hall–Kier alpha value is -2.16. The van der Waals surface area contributed by atoms with E-state index in [0.717, 1.165) is 19.5 Å². The third-order valence-corrected chi connectivity index (χ3v) is 4.03.